The predicted molar refractivity (Wildman–Crippen MR) is 104 cm³/mol. The number of rotatable bonds is 5. The average Bonchev–Trinajstić information content (AvgIpc) is 2.92. The van der Waals surface area contributed by atoms with Gasteiger partial charge < -0.3 is 4.90 Å². The fourth-order valence-corrected chi connectivity index (χ4v) is 3.20. The number of carbonyl (C=O) groups excluding carboxylic acids is 1. The van der Waals surface area contributed by atoms with Crippen LogP contribution in [0.15, 0.2) is 48.5 Å². The lowest BCUT2D eigenvalue weighted by Gasteiger charge is -2.18. The molecular weight excluding hydrogens is 341 g/mol. The molecule has 0 aliphatic rings. The van der Waals surface area contributed by atoms with E-state index < -0.39 is 0 Å². The Kier molecular flexibility index (Phi) is 5.40. The number of aromatic nitrogens is 2. The summed E-state index contributed by atoms with van der Waals surface area (Å²) in [5.41, 5.74) is 5.50. The second-order valence-corrected chi connectivity index (χ2v) is 6.87. The van der Waals surface area contributed by atoms with E-state index >= 15 is 0 Å². The molecule has 1 heterocycles. The molecule has 4 nitrogen and oxygen atoms in total. The molecule has 0 saturated carbocycles. The fraction of sp³-hybridized carbons (Fsp3) is 0.273. The molecule has 0 aliphatic carbocycles. The number of amides is 1. The van der Waals surface area contributed by atoms with E-state index in [0.717, 1.165) is 28.2 Å². The van der Waals surface area contributed by atoms with Crippen LogP contribution in [-0.4, -0.2) is 27.6 Å². The maximum Gasteiger partial charge on any atom is 0.227 e. The third-order valence-electron chi connectivity index (χ3n) is 4.91. The Hall–Kier alpha value is -2.95. The fourth-order valence-electron chi connectivity index (χ4n) is 3.20. The molecule has 0 spiro atoms. The highest BCUT2D eigenvalue weighted by molar-refractivity contribution is 5.78. The highest BCUT2D eigenvalue weighted by Crippen LogP contribution is 2.21. The zero-order chi connectivity index (χ0) is 19.6. The molecule has 3 rings (SSSR count). The van der Waals surface area contributed by atoms with Gasteiger partial charge in [-0.1, -0.05) is 36.4 Å². The molecular formula is C22H24FN3O. The Labute approximate surface area is 159 Å². The Balaban J connectivity index is 1.80. The molecule has 0 atom stereocenters. The van der Waals surface area contributed by atoms with Crippen molar-refractivity contribution < 1.29 is 9.18 Å². The first kappa shape index (κ1) is 18.8. The van der Waals surface area contributed by atoms with E-state index in [2.05, 4.69) is 18.1 Å². The number of halogens is 1. The van der Waals surface area contributed by atoms with E-state index in [4.69, 9.17) is 0 Å². The van der Waals surface area contributed by atoms with Gasteiger partial charge in [-0.15, -0.1) is 0 Å². The predicted octanol–water partition coefficient (Wildman–Crippen LogP) is 4.14. The van der Waals surface area contributed by atoms with Crippen molar-refractivity contribution >= 4 is 5.91 Å². The first-order valence-electron chi connectivity index (χ1n) is 8.97. The van der Waals surface area contributed by atoms with E-state index in [1.165, 1.54) is 6.07 Å². The van der Waals surface area contributed by atoms with Crippen molar-refractivity contribution in [2.24, 2.45) is 0 Å². The molecule has 1 amide bonds. The molecule has 5 heteroatoms. The van der Waals surface area contributed by atoms with Crippen LogP contribution in [0.25, 0.3) is 5.69 Å². The van der Waals surface area contributed by atoms with Gasteiger partial charge in [-0.05, 0) is 44.0 Å². The van der Waals surface area contributed by atoms with Crippen LogP contribution in [-0.2, 0) is 17.8 Å². The number of carbonyl (C=O) groups is 1. The van der Waals surface area contributed by atoms with Crippen LogP contribution < -0.4 is 0 Å². The number of para-hydroxylation sites is 1. The molecule has 2 aromatic carbocycles. The summed E-state index contributed by atoms with van der Waals surface area (Å²) in [7, 11) is 1.74. The summed E-state index contributed by atoms with van der Waals surface area (Å²) >= 11 is 0. The second kappa shape index (κ2) is 7.74. The molecule has 0 unspecified atom stereocenters. The number of likely N-dealkylation sites (N-methyl/N-ethyl adjacent to an activating group) is 1. The van der Waals surface area contributed by atoms with Gasteiger partial charge in [-0.25, -0.2) is 9.07 Å². The highest BCUT2D eigenvalue weighted by Gasteiger charge is 2.18. The van der Waals surface area contributed by atoms with E-state index in [-0.39, 0.29) is 18.1 Å². The topological polar surface area (TPSA) is 38.1 Å². The van der Waals surface area contributed by atoms with Gasteiger partial charge in [0.2, 0.25) is 5.91 Å². The van der Waals surface area contributed by atoms with E-state index in [1.807, 2.05) is 36.7 Å². The Morgan fingerprint density at radius 1 is 1.07 bits per heavy atom. The van der Waals surface area contributed by atoms with Gasteiger partial charge >= 0.3 is 0 Å². The summed E-state index contributed by atoms with van der Waals surface area (Å²) in [6.07, 6.45) is 0.0488. The minimum Gasteiger partial charge on any atom is -0.341 e. The summed E-state index contributed by atoms with van der Waals surface area (Å²) in [5, 5.41) is 4.67. The van der Waals surface area contributed by atoms with Gasteiger partial charge in [0.1, 0.15) is 5.82 Å². The van der Waals surface area contributed by atoms with E-state index in [0.29, 0.717) is 12.1 Å². The van der Waals surface area contributed by atoms with Crippen molar-refractivity contribution in [3.8, 4) is 5.69 Å². The molecule has 140 valence electrons. The van der Waals surface area contributed by atoms with Gasteiger partial charge in [-0.3, -0.25) is 4.79 Å². The molecule has 0 N–H and O–H groups in total. The van der Waals surface area contributed by atoms with Gasteiger partial charge in [0.25, 0.3) is 0 Å². The molecule has 0 radical (unpaired) electrons. The molecule has 0 bridgehead atoms. The van der Waals surface area contributed by atoms with Gasteiger partial charge in [-0.2, -0.15) is 5.10 Å². The van der Waals surface area contributed by atoms with Crippen LogP contribution in [0.2, 0.25) is 0 Å². The first-order valence-corrected chi connectivity index (χ1v) is 8.97. The summed E-state index contributed by atoms with van der Waals surface area (Å²) in [5.74, 6) is -0.471. The van der Waals surface area contributed by atoms with E-state index in [1.54, 1.807) is 30.1 Å². The number of benzene rings is 2. The summed E-state index contributed by atoms with van der Waals surface area (Å²) in [4.78, 5) is 14.2. The van der Waals surface area contributed by atoms with Gasteiger partial charge in [0.15, 0.2) is 0 Å². The zero-order valence-corrected chi connectivity index (χ0v) is 16.2. The summed E-state index contributed by atoms with van der Waals surface area (Å²) < 4.78 is 15.7. The number of hydrogen-bond donors (Lipinski definition) is 0. The van der Waals surface area contributed by atoms with Crippen molar-refractivity contribution in [3.05, 3.63) is 82.4 Å². The summed E-state index contributed by atoms with van der Waals surface area (Å²) in [6, 6.07) is 14.5. The van der Waals surface area contributed by atoms with Crippen LogP contribution in [0.4, 0.5) is 4.39 Å². The third kappa shape index (κ3) is 3.92. The monoisotopic (exact) mass is 365 g/mol. The highest BCUT2D eigenvalue weighted by atomic mass is 19.1. The molecule has 0 fully saturated rings. The van der Waals surface area contributed by atoms with E-state index in [9.17, 15) is 9.18 Å². The van der Waals surface area contributed by atoms with Gasteiger partial charge in [0.05, 0.1) is 17.8 Å². The molecule has 0 saturated heterocycles. The summed E-state index contributed by atoms with van der Waals surface area (Å²) in [6.45, 7) is 6.45. The smallest absolute Gasteiger partial charge is 0.227 e. The average molecular weight is 365 g/mol. The maximum absolute atomic E-state index is 13.8. The third-order valence-corrected chi connectivity index (χ3v) is 4.91. The first-order chi connectivity index (χ1) is 12.9. The Morgan fingerprint density at radius 3 is 2.44 bits per heavy atom. The van der Waals surface area contributed by atoms with Crippen LogP contribution in [0.5, 0.6) is 0 Å². The largest absolute Gasteiger partial charge is 0.341 e. The van der Waals surface area contributed by atoms with Crippen LogP contribution >= 0.6 is 0 Å². The lowest BCUT2D eigenvalue weighted by molar-refractivity contribution is -0.129. The normalized spacial score (nSPS) is 10.9. The Morgan fingerprint density at radius 2 is 1.74 bits per heavy atom. The molecule has 1 aromatic heterocycles. The lowest BCUT2D eigenvalue weighted by Crippen LogP contribution is -2.28. The molecule has 27 heavy (non-hydrogen) atoms. The van der Waals surface area contributed by atoms with Gasteiger partial charge in [0, 0.05) is 24.8 Å². The van der Waals surface area contributed by atoms with Crippen molar-refractivity contribution in [3.63, 3.8) is 0 Å². The lowest BCUT2D eigenvalue weighted by atomic mass is 10.1. The quantitative estimate of drug-likeness (QED) is 0.682. The number of aryl methyl sites for hydroxylation is 2. The van der Waals surface area contributed by atoms with Crippen LogP contribution in [0.1, 0.15) is 28.1 Å². The molecule has 3 aromatic rings. The van der Waals surface area contributed by atoms with Crippen LogP contribution in [0, 0.1) is 26.6 Å². The minimum atomic E-state index is -0.348. The van der Waals surface area contributed by atoms with Crippen molar-refractivity contribution in [1.29, 1.82) is 0 Å². The van der Waals surface area contributed by atoms with Crippen molar-refractivity contribution in [1.82, 2.24) is 14.7 Å². The molecule has 0 aliphatic heterocycles. The SMILES string of the molecule is Cc1ccccc1-n1nc(C)c(CN(C)C(=O)Cc2ccccc2F)c1C. The zero-order valence-electron chi connectivity index (χ0n) is 16.2. The van der Waals surface area contributed by atoms with Crippen LogP contribution in [0.3, 0.4) is 0 Å². The second-order valence-electron chi connectivity index (χ2n) is 6.87. The maximum atomic E-state index is 13.8. The van der Waals surface area contributed by atoms with Crippen molar-refractivity contribution in [2.75, 3.05) is 7.05 Å². The minimum absolute atomic E-state index is 0.0488. The Bertz CT molecular complexity index is 977. The van der Waals surface area contributed by atoms with Crippen molar-refractivity contribution in [2.45, 2.75) is 33.7 Å². The standard InChI is InChI=1S/C22H24FN3O/c1-15-9-5-8-12-21(15)26-17(3)19(16(2)24-26)14-25(4)22(27)13-18-10-6-7-11-20(18)23/h5-12H,13-14H2,1-4H3. The number of nitrogens with zero attached hydrogens (tertiary/aromatic N) is 3. The number of hydrogen-bond acceptors (Lipinski definition) is 2.